The minimum atomic E-state index is -0.378. The minimum absolute atomic E-state index is 0.0489. The summed E-state index contributed by atoms with van der Waals surface area (Å²) in [4.78, 5) is 27.1. The Morgan fingerprint density at radius 1 is 1.10 bits per heavy atom. The van der Waals surface area contributed by atoms with Crippen LogP contribution in [-0.2, 0) is 22.7 Å². The number of hydrogen-bond acceptors (Lipinski definition) is 3. The van der Waals surface area contributed by atoms with Crippen LogP contribution in [0.1, 0.15) is 24.5 Å². The van der Waals surface area contributed by atoms with Crippen molar-refractivity contribution in [1.82, 2.24) is 9.80 Å². The molecule has 0 spiro atoms. The van der Waals surface area contributed by atoms with E-state index in [1.54, 1.807) is 11.0 Å². The SMILES string of the molecule is CCCN1CC(=O)N(Cc2cc(F)cc(CN)c2)CC1=O. The van der Waals surface area contributed by atoms with Gasteiger partial charge in [0, 0.05) is 19.6 Å². The van der Waals surface area contributed by atoms with Crippen LogP contribution in [0, 0.1) is 5.82 Å². The smallest absolute Gasteiger partial charge is 0.242 e. The summed E-state index contributed by atoms with van der Waals surface area (Å²) < 4.78 is 13.5. The van der Waals surface area contributed by atoms with Gasteiger partial charge in [0.05, 0.1) is 6.54 Å². The number of carbonyl (C=O) groups excluding carboxylic acids is 2. The third-order valence-corrected chi connectivity index (χ3v) is 3.48. The summed E-state index contributed by atoms with van der Waals surface area (Å²) in [5, 5.41) is 0. The van der Waals surface area contributed by atoms with Crippen molar-refractivity contribution in [1.29, 1.82) is 0 Å². The van der Waals surface area contributed by atoms with Crippen LogP contribution >= 0.6 is 0 Å². The van der Waals surface area contributed by atoms with E-state index in [-0.39, 0.29) is 43.8 Å². The Bertz CT molecular complexity index is 548. The van der Waals surface area contributed by atoms with Crippen LogP contribution in [0.3, 0.4) is 0 Å². The van der Waals surface area contributed by atoms with Crippen molar-refractivity contribution in [2.24, 2.45) is 5.73 Å². The summed E-state index contributed by atoms with van der Waals surface area (Å²) >= 11 is 0. The number of benzene rings is 1. The van der Waals surface area contributed by atoms with Crippen molar-refractivity contribution < 1.29 is 14.0 Å². The molecule has 1 saturated heterocycles. The van der Waals surface area contributed by atoms with E-state index in [2.05, 4.69) is 0 Å². The molecule has 0 atom stereocenters. The van der Waals surface area contributed by atoms with E-state index in [0.717, 1.165) is 6.42 Å². The molecule has 1 aliphatic heterocycles. The predicted molar refractivity (Wildman–Crippen MR) is 76.6 cm³/mol. The topological polar surface area (TPSA) is 66.6 Å². The van der Waals surface area contributed by atoms with Gasteiger partial charge in [0.25, 0.3) is 0 Å². The van der Waals surface area contributed by atoms with Crippen molar-refractivity contribution in [2.45, 2.75) is 26.4 Å². The van der Waals surface area contributed by atoms with Crippen LogP contribution in [0.15, 0.2) is 18.2 Å². The van der Waals surface area contributed by atoms with Gasteiger partial charge in [-0.15, -0.1) is 0 Å². The lowest BCUT2D eigenvalue weighted by molar-refractivity contribution is -0.150. The number of hydrogen-bond donors (Lipinski definition) is 1. The summed E-state index contributed by atoms with van der Waals surface area (Å²) in [5.74, 6) is -0.551. The van der Waals surface area contributed by atoms with Gasteiger partial charge in [-0.1, -0.05) is 13.0 Å². The van der Waals surface area contributed by atoms with E-state index in [0.29, 0.717) is 17.7 Å². The Balaban J connectivity index is 2.08. The molecule has 0 aromatic heterocycles. The highest BCUT2D eigenvalue weighted by molar-refractivity contribution is 5.92. The number of nitrogens with two attached hydrogens (primary N) is 1. The van der Waals surface area contributed by atoms with Gasteiger partial charge >= 0.3 is 0 Å². The van der Waals surface area contributed by atoms with Crippen LogP contribution in [0.2, 0.25) is 0 Å². The van der Waals surface area contributed by atoms with Gasteiger partial charge in [0.15, 0.2) is 0 Å². The maximum absolute atomic E-state index is 13.5. The van der Waals surface area contributed by atoms with Gasteiger partial charge in [-0.3, -0.25) is 9.59 Å². The Labute approximate surface area is 123 Å². The van der Waals surface area contributed by atoms with Crippen molar-refractivity contribution in [3.05, 3.63) is 35.1 Å². The minimum Gasteiger partial charge on any atom is -0.332 e. The van der Waals surface area contributed by atoms with E-state index in [1.165, 1.54) is 17.0 Å². The van der Waals surface area contributed by atoms with Crippen LogP contribution in [0.4, 0.5) is 4.39 Å². The number of carbonyl (C=O) groups is 2. The molecule has 0 radical (unpaired) electrons. The second kappa shape index (κ2) is 6.67. The number of nitrogens with zero attached hydrogens (tertiary/aromatic N) is 2. The quantitative estimate of drug-likeness (QED) is 0.876. The third-order valence-electron chi connectivity index (χ3n) is 3.48. The highest BCUT2D eigenvalue weighted by Gasteiger charge is 2.29. The highest BCUT2D eigenvalue weighted by Crippen LogP contribution is 2.14. The molecular weight excluding hydrogens is 273 g/mol. The molecule has 114 valence electrons. The molecule has 0 aliphatic carbocycles. The zero-order valence-electron chi connectivity index (χ0n) is 12.1. The van der Waals surface area contributed by atoms with Gasteiger partial charge in [-0.25, -0.2) is 4.39 Å². The first kappa shape index (κ1) is 15.4. The summed E-state index contributed by atoms with van der Waals surface area (Å²) in [7, 11) is 0. The first-order chi connectivity index (χ1) is 10.0. The van der Waals surface area contributed by atoms with E-state index < -0.39 is 0 Å². The van der Waals surface area contributed by atoms with Gasteiger partial charge in [-0.05, 0) is 29.7 Å². The summed E-state index contributed by atoms with van der Waals surface area (Å²) in [5.41, 5.74) is 6.84. The Morgan fingerprint density at radius 2 is 1.71 bits per heavy atom. The first-order valence-electron chi connectivity index (χ1n) is 7.07. The van der Waals surface area contributed by atoms with Gasteiger partial charge in [0.2, 0.25) is 11.8 Å². The maximum atomic E-state index is 13.5. The normalized spacial score (nSPS) is 15.8. The molecule has 1 aliphatic rings. The fraction of sp³-hybridized carbons (Fsp3) is 0.467. The fourth-order valence-electron chi connectivity index (χ4n) is 2.47. The standard InChI is InChI=1S/C15H20FN3O2/c1-2-3-18-9-15(21)19(10-14(18)20)8-12-4-11(7-17)5-13(16)6-12/h4-6H,2-3,7-10,17H2,1H3. The lowest BCUT2D eigenvalue weighted by atomic mass is 10.1. The molecule has 6 heteroatoms. The molecule has 0 unspecified atom stereocenters. The molecule has 1 aromatic carbocycles. The average Bonchev–Trinajstić information content (AvgIpc) is 2.44. The molecule has 0 saturated carbocycles. The number of halogens is 1. The molecule has 5 nitrogen and oxygen atoms in total. The van der Waals surface area contributed by atoms with Gasteiger partial charge in [-0.2, -0.15) is 0 Å². The molecule has 2 N–H and O–H groups in total. The third kappa shape index (κ3) is 3.78. The Kier molecular flexibility index (Phi) is 4.90. The molecule has 1 heterocycles. The van der Waals surface area contributed by atoms with Crippen molar-refractivity contribution in [3.63, 3.8) is 0 Å². The largest absolute Gasteiger partial charge is 0.332 e. The predicted octanol–water partition coefficient (Wildman–Crippen LogP) is 0.865. The van der Waals surface area contributed by atoms with Crippen LogP contribution in [0.5, 0.6) is 0 Å². The van der Waals surface area contributed by atoms with Crippen LogP contribution in [-0.4, -0.2) is 41.2 Å². The van der Waals surface area contributed by atoms with Gasteiger partial charge < -0.3 is 15.5 Å². The summed E-state index contributed by atoms with van der Waals surface area (Å²) in [6.45, 7) is 3.18. The number of amides is 2. The van der Waals surface area contributed by atoms with E-state index >= 15 is 0 Å². The number of piperazine rings is 1. The van der Waals surface area contributed by atoms with E-state index in [4.69, 9.17) is 5.73 Å². The summed E-state index contributed by atoms with van der Waals surface area (Å²) in [6, 6.07) is 4.50. The monoisotopic (exact) mass is 293 g/mol. The number of rotatable bonds is 5. The Hall–Kier alpha value is -1.95. The van der Waals surface area contributed by atoms with Crippen LogP contribution in [0.25, 0.3) is 0 Å². The summed E-state index contributed by atoms with van der Waals surface area (Å²) in [6.07, 6.45) is 0.822. The van der Waals surface area contributed by atoms with Crippen molar-refractivity contribution >= 4 is 11.8 Å². The molecule has 1 fully saturated rings. The fourth-order valence-corrected chi connectivity index (χ4v) is 2.47. The molecule has 21 heavy (non-hydrogen) atoms. The van der Waals surface area contributed by atoms with E-state index in [1.807, 2.05) is 6.92 Å². The van der Waals surface area contributed by atoms with Gasteiger partial charge in [0.1, 0.15) is 12.4 Å². The van der Waals surface area contributed by atoms with Crippen molar-refractivity contribution in [3.8, 4) is 0 Å². The molecular formula is C15H20FN3O2. The molecule has 0 bridgehead atoms. The van der Waals surface area contributed by atoms with Crippen LogP contribution < -0.4 is 5.73 Å². The van der Waals surface area contributed by atoms with E-state index in [9.17, 15) is 14.0 Å². The Morgan fingerprint density at radius 3 is 2.38 bits per heavy atom. The zero-order chi connectivity index (χ0) is 15.4. The molecule has 2 amide bonds. The lowest BCUT2D eigenvalue weighted by Gasteiger charge is -2.33. The second-order valence-corrected chi connectivity index (χ2v) is 5.24. The average molecular weight is 293 g/mol. The van der Waals surface area contributed by atoms with Crippen molar-refractivity contribution in [2.75, 3.05) is 19.6 Å². The molecule has 2 rings (SSSR count). The second-order valence-electron chi connectivity index (χ2n) is 5.24. The first-order valence-corrected chi connectivity index (χ1v) is 7.07. The zero-order valence-corrected chi connectivity index (χ0v) is 12.1. The molecule has 1 aromatic rings. The highest BCUT2D eigenvalue weighted by atomic mass is 19.1. The lowest BCUT2D eigenvalue weighted by Crippen LogP contribution is -2.53. The maximum Gasteiger partial charge on any atom is 0.242 e.